The Hall–Kier alpha value is -0.0400. The first kappa shape index (κ1) is 6.66. The normalized spacial score (nSPS) is 56.4. The first-order valence-corrected chi connectivity index (χ1v) is 4.22. The second-order valence-electron chi connectivity index (χ2n) is 4.72. The average molecular weight is 140 g/mol. The second kappa shape index (κ2) is 1.58. The van der Waals surface area contributed by atoms with Gasteiger partial charge in [0.15, 0.2) is 0 Å². The van der Waals surface area contributed by atoms with Crippen LogP contribution in [0.3, 0.4) is 0 Å². The molecule has 4 atom stereocenters. The highest BCUT2D eigenvalue weighted by Crippen LogP contribution is 2.65. The molecule has 0 aromatic rings. The summed E-state index contributed by atoms with van der Waals surface area (Å²) in [5, 5.41) is 9.55. The molecule has 0 spiro atoms. The fourth-order valence-electron chi connectivity index (χ4n) is 3.13. The summed E-state index contributed by atoms with van der Waals surface area (Å²) >= 11 is 0. The third kappa shape index (κ3) is 0.619. The highest BCUT2D eigenvalue weighted by molar-refractivity contribution is 5.11. The molecule has 58 valence electrons. The van der Waals surface area contributed by atoms with Crippen LogP contribution in [0, 0.1) is 23.2 Å². The van der Waals surface area contributed by atoms with Gasteiger partial charge in [-0.05, 0) is 29.6 Å². The van der Waals surface area contributed by atoms with Gasteiger partial charge in [-0.2, -0.15) is 0 Å². The number of rotatable bonds is 0. The Morgan fingerprint density at radius 2 is 2.00 bits per heavy atom. The van der Waals surface area contributed by atoms with Gasteiger partial charge in [-0.3, -0.25) is 0 Å². The van der Waals surface area contributed by atoms with Gasteiger partial charge in [0.25, 0.3) is 0 Å². The minimum Gasteiger partial charge on any atom is -0.393 e. The highest BCUT2D eigenvalue weighted by Gasteiger charge is 2.63. The van der Waals surface area contributed by atoms with Crippen molar-refractivity contribution in [2.45, 2.75) is 33.3 Å². The Balaban J connectivity index is 2.19. The molecule has 2 rings (SSSR count). The third-order valence-electron chi connectivity index (χ3n) is 3.53. The summed E-state index contributed by atoms with van der Waals surface area (Å²) in [6.45, 7) is 6.83. The molecule has 0 aromatic carbocycles. The van der Waals surface area contributed by atoms with Gasteiger partial charge in [-0.1, -0.05) is 20.8 Å². The van der Waals surface area contributed by atoms with Crippen LogP contribution in [-0.2, 0) is 0 Å². The van der Waals surface area contributed by atoms with Crippen LogP contribution in [0.5, 0.6) is 0 Å². The van der Waals surface area contributed by atoms with Crippen LogP contribution < -0.4 is 0 Å². The van der Waals surface area contributed by atoms with Crippen molar-refractivity contribution in [3.05, 3.63) is 0 Å². The smallest absolute Gasteiger partial charge is 0.0579 e. The zero-order valence-electron chi connectivity index (χ0n) is 6.96. The van der Waals surface area contributed by atoms with Crippen molar-refractivity contribution in [2.24, 2.45) is 23.2 Å². The molecular weight excluding hydrogens is 124 g/mol. The Morgan fingerprint density at radius 3 is 2.20 bits per heavy atom. The van der Waals surface area contributed by atoms with Gasteiger partial charge in [0.2, 0.25) is 0 Å². The Labute approximate surface area is 62.4 Å². The zero-order chi connectivity index (χ0) is 7.52. The lowest BCUT2D eigenvalue weighted by Crippen LogP contribution is -2.17. The maximum Gasteiger partial charge on any atom is 0.0579 e. The van der Waals surface area contributed by atoms with Crippen molar-refractivity contribution < 1.29 is 5.11 Å². The number of hydrogen-bond donors (Lipinski definition) is 1. The summed E-state index contributed by atoms with van der Waals surface area (Å²) in [6.07, 6.45) is 1.03. The van der Waals surface area contributed by atoms with E-state index >= 15 is 0 Å². The van der Waals surface area contributed by atoms with Crippen LogP contribution in [0.25, 0.3) is 0 Å². The molecule has 0 heterocycles. The third-order valence-corrected chi connectivity index (χ3v) is 3.53. The topological polar surface area (TPSA) is 20.2 Å². The van der Waals surface area contributed by atoms with Gasteiger partial charge in [-0.15, -0.1) is 0 Å². The molecule has 1 nitrogen and oxygen atoms in total. The van der Waals surface area contributed by atoms with Crippen LogP contribution >= 0.6 is 0 Å². The fourth-order valence-corrected chi connectivity index (χ4v) is 3.13. The standard InChI is InChI=1S/C9H16O/c1-5-7-6(10)4-9(2,3)8(5)7/h5-8,10H,4H2,1-3H3/t5-,6-,7+,8+/m0/s1. The molecule has 0 radical (unpaired) electrons. The van der Waals surface area contributed by atoms with E-state index in [0.29, 0.717) is 11.3 Å². The van der Waals surface area contributed by atoms with Gasteiger partial charge in [0.1, 0.15) is 0 Å². The van der Waals surface area contributed by atoms with Crippen LogP contribution in [0.1, 0.15) is 27.2 Å². The Morgan fingerprint density at radius 1 is 1.40 bits per heavy atom. The Kier molecular flexibility index (Phi) is 1.05. The predicted octanol–water partition coefficient (Wildman–Crippen LogP) is 1.66. The van der Waals surface area contributed by atoms with E-state index in [1.165, 1.54) is 0 Å². The minimum atomic E-state index is 0.00926. The monoisotopic (exact) mass is 140 g/mol. The lowest BCUT2D eigenvalue weighted by Gasteiger charge is -2.21. The fraction of sp³-hybridized carbons (Fsp3) is 1.00. The summed E-state index contributed by atoms with van der Waals surface area (Å²) in [5.74, 6) is 2.26. The van der Waals surface area contributed by atoms with Crippen LogP contribution in [0.15, 0.2) is 0 Å². The number of aliphatic hydroxyl groups excluding tert-OH is 1. The molecule has 10 heavy (non-hydrogen) atoms. The summed E-state index contributed by atoms with van der Waals surface area (Å²) < 4.78 is 0. The molecule has 2 aliphatic rings. The second-order valence-corrected chi connectivity index (χ2v) is 4.72. The molecule has 0 bridgehead atoms. The highest BCUT2D eigenvalue weighted by atomic mass is 16.3. The van der Waals surface area contributed by atoms with Crippen molar-refractivity contribution in [1.29, 1.82) is 0 Å². The Bertz CT molecular complexity index is 162. The first-order chi connectivity index (χ1) is 4.54. The minimum absolute atomic E-state index is 0.00926. The SMILES string of the molecule is C[C@H]1[C@H]2[C@@H]1C(C)(C)C[C@@H]2O. The number of fused-ring (bicyclic) bond motifs is 1. The molecule has 0 aromatic heterocycles. The number of hydrogen-bond acceptors (Lipinski definition) is 1. The van der Waals surface area contributed by atoms with Crippen molar-refractivity contribution in [3.8, 4) is 0 Å². The maximum absolute atomic E-state index is 9.55. The van der Waals surface area contributed by atoms with Gasteiger partial charge < -0.3 is 5.11 Å². The lowest BCUT2D eigenvalue weighted by atomic mass is 9.85. The van der Waals surface area contributed by atoms with Gasteiger partial charge in [0.05, 0.1) is 6.10 Å². The first-order valence-electron chi connectivity index (χ1n) is 4.22. The summed E-state index contributed by atoms with van der Waals surface area (Å²) in [5.41, 5.74) is 0.420. The quantitative estimate of drug-likeness (QED) is 0.542. The predicted molar refractivity (Wildman–Crippen MR) is 40.5 cm³/mol. The van der Waals surface area contributed by atoms with Crippen molar-refractivity contribution in [1.82, 2.24) is 0 Å². The molecule has 0 aliphatic heterocycles. The van der Waals surface area contributed by atoms with E-state index in [2.05, 4.69) is 20.8 Å². The maximum atomic E-state index is 9.55. The van der Waals surface area contributed by atoms with Crippen LogP contribution in [-0.4, -0.2) is 11.2 Å². The van der Waals surface area contributed by atoms with E-state index in [-0.39, 0.29) is 6.10 Å². The van der Waals surface area contributed by atoms with Gasteiger partial charge in [0, 0.05) is 0 Å². The summed E-state index contributed by atoms with van der Waals surface area (Å²) in [7, 11) is 0. The van der Waals surface area contributed by atoms with E-state index in [1.54, 1.807) is 0 Å². The van der Waals surface area contributed by atoms with E-state index in [9.17, 15) is 5.11 Å². The molecule has 0 unspecified atom stereocenters. The average Bonchev–Trinajstić information content (AvgIpc) is 2.32. The van der Waals surface area contributed by atoms with E-state index < -0.39 is 0 Å². The van der Waals surface area contributed by atoms with Crippen molar-refractivity contribution >= 4 is 0 Å². The molecule has 1 N–H and O–H groups in total. The van der Waals surface area contributed by atoms with Crippen molar-refractivity contribution in [2.75, 3.05) is 0 Å². The summed E-state index contributed by atoms with van der Waals surface area (Å²) in [4.78, 5) is 0. The molecule has 2 aliphatic carbocycles. The molecule has 1 heteroatoms. The van der Waals surface area contributed by atoms with Crippen molar-refractivity contribution in [3.63, 3.8) is 0 Å². The lowest BCUT2D eigenvalue weighted by molar-refractivity contribution is 0.125. The van der Waals surface area contributed by atoms with E-state index in [1.807, 2.05) is 0 Å². The van der Waals surface area contributed by atoms with Gasteiger partial charge >= 0.3 is 0 Å². The molecule has 2 saturated carbocycles. The zero-order valence-corrected chi connectivity index (χ0v) is 6.96. The van der Waals surface area contributed by atoms with E-state index in [0.717, 1.165) is 18.3 Å². The van der Waals surface area contributed by atoms with Crippen LogP contribution in [0.4, 0.5) is 0 Å². The van der Waals surface area contributed by atoms with Crippen LogP contribution in [0.2, 0.25) is 0 Å². The number of aliphatic hydroxyl groups is 1. The molecule has 0 saturated heterocycles. The molecule has 0 amide bonds. The largest absolute Gasteiger partial charge is 0.393 e. The summed E-state index contributed by atoms with van der Waals surface area (Å²) in [6, 6.07) is 0. The van der Waals surface area contributed by atoms with Gasteiger partial charge in [-0.25, -0.2) is 0 Å². The molecule has 2 fully saturated rings. The molecular formula is C9H16O. The van der Waals surface area contributed by atoms with E-state index in [4.69, 9.17) is 0 Å².